The van der Waals surface area contributed by atoms with Crippen LogP contribution in [0.15, 0.2) is 54.6 Å². The summed E-state index contributed by atoms with van der Waals surface area (Å²) < 4.78 is 52.6. The predicted molar refractivity (Wildman–Crippen MR) is 152 cm³/mol. The first-order chi connectivity index (χ1) is 18.8. The summed E-state index contributed by atoms with van der Waals surface area (Å²) in [7, 11) is 1.04. The van der Waals surface area contributed by atoms with E-state index in [1.165, 1.54) is 0 Å². The van der Waals surface area contributed by atoms with Crippen molar-refractivity contribution < 1.29 is 27.3 Å². The van der Waals surface area contributed by atoms with Gasteiger partial charge in [0, 0.05) is 12.7 Å². The molecule has 2 aromatic carbocycles. The quantitative estimate of drug-likeness (QED) is 0.350. The first-order valence-electron chi connectivity index (χ1n) is 14.0. The van der Waals surface area contributed by atoms with E-state index in [0.717, 1.165) is 29.7 Å². The third-order valence-electron chi connectivity index (χ3n) is 8.55. The van der Waals surface area contributed by atoms with Crippen molar-refractivity contribution in [3.8, 4) is 0 Å². The van der Waals surface area contributed by atoms with Crippen molar-refractivity contribution in [2.24, 2.45) is 11.3 Å². The molecule has 1 amide bonds. The van der Waals surface area contributed by atoms with E-state index in [0.29, 0.717) is 12.3 Å². The van der Waals surface area contributed by atoms with Crippen LogP contribution >= 0.6 is 0 Å². The Bertz CT molecular complexity index is 1150. The molecule has 218 valence electrons. The fourth-order valence-corrected chi connectivity index (χ4v) is 5.98. The fraction of sp³-hybridized carbons (Fsp3) is 0.567. The van der Waals surface area contributed by atoms with E-state index in [4.69, 9.17) is 9.31 Å². The second-order valence-corrected chi connectivity index (χ2v) is 12.2. The topological polar surface area (TPSA) is 71.6 Å². The normalized spacial score (nSPS) is 25.6. The maximum atomic E-state index is 13.7. The summed E-state index contributed by atoms with van der Waals surface area (Å²) in [5.74, 6) is -0.685. The molecular formula is C30H41BF3N3O3. The second-order valence-electron chi connectivity index (χ2n) is 12.2. The molecule has 1 aliphatic carbocycles. The van der Waals surface area contributed by atoms with Crippen molar-refractivity contribution in [3.63, 3.8) is 0 Å². The van der Waals surface area contributed by atoms with Gasteiger partial charge >= 0.3 is 13.3 Å². The van der Waals surface area contributed by atoms with E-state index < -0.39 is 43.3 Å². The van der Waals surface area contributed by atoms with Crippen LogP contribution in [0, 0.1) is 11.3 Å². The first kappa shape index (κ1) is 30.4. The minimum absolute atomic E-state index is 0.0656. The van der Waals surface area contributed by atoms with Crippen LogP contribution in [0.1, 0.15) is 51.7 Å². The molecule has 3 N–H and O–H groups in total. The lowest BCUT2D eigenvalue weighted by Crippen LogP contribution is -2.56. The third-order valence-corrected chi connectivity index (χ3v) is 8.55. The van der Waals surface area contributed by atoms with Gasteiger partial charge in [-0.3, -0.25) is 10.1 Å². The average molecular weight is 559 g/mol. The Morgan fingerprint density at radius 3 is 2.45 bits per heavy atom. The Labute approximate surface area is 235 Å². The number of halogens is 3. The highest BCUT2D eigenvalue weighted by molar-refractivity contribution is 6.48. The SMILES string of the molecule is CNc1cccc(C[C@@H](NCC(F)(F)F)C(=O)N[C@@H](Cc2ccccc2)B2OC3C[C@H](C)C(C)(C)C[C@]3(C)O2)c1. The number of anilines is 1. The third kappa shape index (κ3) is 7.59. The highest BCUT2D eigenvalue weighted by atomic mass is 19.4. The van der Waals surface area contributed by atoms with E-state index in [2.05, 4.69) is 43.6 Å². The van der Waals surface area contributed by atoms with Crippen LogP contribution in [0.25, 0.3) is 0 Å². The zero-order valence-corrected chi connectivity index (χ0v) is 24.0. The van der Waals surface area contributed by atoms with E-state index >= 15 is 0 Å². The van der Waals surface area contributed by atoms with Crippen molar-refractivity contribution in [1.82, 2.24) is 10.6 Å². The standard InChI is InChI=1S/C30H41BF3N3O3/c1-20-14-25-29(4,18-28(20,2)3)40-31(39-25)26(17-21-10-7-6-8-11-21)37-27(38)24(36-19-30(32,33)34)16-22-12-9-13-23(15-22)35-5/h6-13,15,20,24-26,35-36H,14,16-19H2,1-5H3,(H,37,38)/t20-,24+,25?,26-,29-/m0/s1. The lowest BCUT2D eigenvalue weighted by atomic mass is 9.63. The van der Waals surface area contributed by atoms with Crippen molar-refractivity contribution >= 4 is 18.7 Å². The molecule has 1 unspecified atom stereocenters. The number of alkyl halides is 3. The molecule has 6 nitrogen and oxygen atoms in total. The molecule has 5 atom stereocenters. The lowest BCUT2D eigenvalue weighted by Gasteiger charge is -2.47. The van der Waals surface area contributed by atoms with Crippen LogP contribution in [0.4, 0.5) is 18.9 Å². The van der Waals surface area contributed by atoms with Gasteiger partial charge in [-0.15, -0.1) is 0 Å². The van der Waals surface area contributed by atoms with Crippen LogP contribution in [0.2, 0.25) is 0 Å². The smallest absolute Gasteiger partial charge is 0.404 e. The van der Waals surface area contributed by atoms with Crippen LogP contribution in [-0.4, -0.2) is 56.5 Å². The number of fused-ring (bicyclic) bond motifs is 1. The summed E-state index contributed by atoms with van der Waals surface area (Å²) in [5.41, 5.74) is 2.08. The van der Waals surface area contributed by atoms with Crippen LogP contribution in [0.3, 0.4) is 0 Å². The van der Waals surface area contributed by atoms with Crippen molar-refractivity contribution in [2.45, 2.75) is 83.2 Å². The molecule has 2 aromatic rings. The van der Waals surface area contributed by atoms with Gasteiger partial charge in [0.25, 0.3) is 0 Å². The molecule has 0 bridgehead atoms. The summed E-state index contributed by atoms with van der Waals surface area (Å²) >= 11 is 0. The maximum absolute atomic E-state index is 13.7. The highest BCUT2D eigenvalue weighted by Gasteiger charge is 2.57. The number of rotatable bonds is 10. The number of nitrogens with one attached hydrogen (secondary N) is 3. The van der Waals surface area contributed by atoms with Gasteiger partial charge in [-0.1, -0.05) is 63.2 Å². The maximum Gasteiger partial charge on any atom is 0.482 e. The highest BCUT2D eigenvalue weighted by Crippen LogP contribution is 2.50. The number of amides is 1. The molecule has 1 saturated carbocycles. The van der Waals surface area contributed by atoms with E-state index in [1.54, 1.807) is 13.1 Å². The van der Waals surface area contributed by atoms with Gasteiger partial charge < -0.3 is 19.9 Å². The number of carbonyl (C=O) groups excluding carboxylic acids is 1. The molecule has 0 spiro atoms. The summed E-state index contributed by atoms with van der Waals surface area (Å²) in [5, 5.41) is 8.48. The summed E-state index contributed by atoms with van der Waals surface area (Å²) in [6, 6.07) is 15.8. The Kier molecular flexibility index (Phi) is 9.22. The first-order valence-corrected chi connectivity index (χ1v) is 14.0. The van der Waals surface area contributed by atoms with Gasteiger partial charge in [0.05, 0.1) is 30.2 Å². The minimum Gasteiger partial charge on any atom is -0.404 e. The average Bonchev–Trinajstić information content (AvgIpc) is 3.21. The van der Waals surface area contributed by atoms with Crippen LogP contribution in [0.5, 0.6) is 0 Å². The molecule has 10 heteroatoms. The molecule has 0 aromatic heterocycles. The summed E-state index contributed by atoms with van der Waals surface area (Å²) in [4.78, 5) is 13.7. The number of benzene rings is 2. The van der Waals surface area contributed by atoms with Gasteiger partial charge in [-0.05, 0) is 67.2 Å². The van der Waals surface area contributed by atoms with Crippen molar-refractivity contribution in [2.75, 3.05) is 18.9 Å². The van der Waals surface area contributed by atoms with E-state index in [1.807, 2.05) is 48.5 Å². The Morgan fingerprint density at radius 1 is 1.07 bits per heavy atom. The predicted octanol–water partition coefficient (Wildman–Crippen LogP) is 5.18. The Hall–Kier alpha value is -2.56. The number of hydrogen-bond donors (Lipinski definition) is 3. The lowest BCUT2D eigenvalue weighted by molar-refractivity contribution is -0.132. The Morgan fingerprint density at radius 2 is 1.77 bits per heavy atom. The van der Waals surface area contributed by atoms with Crippen LogP contribution < -0.4 is 16.0 Å². The van der Waals surface area contributed by atoms with Gasteiger partial charge in [-0.2, -0.15) is 13.2 Å². The van der Waals surface area contributed by atoms with Crippen LogP contribution in [-0.2, 0) is 26.9 Å². The van der Waals surface area contributed by atoms with Gasteiger partial charge in [0.1, 0.15) is 0 Å². The van der Waals surface area contributed by atoms with Gasteiger partial charge in [-0.25, -0.2) is 0 Å². The molecule has 4 rings (SSSR count). The number of carbonyl (C=O) groups is 1. The molecular weight excluding hydrogens is 518 g/mol. The monoisotopic (exact) mass is 559 g/mol. The molecule has 2 aliphatic rings. The zero-order chi connectivity index (χ0) is 29.1. The number of hydrogen-bond acceptors (Lipinski definition) is 5. The summed E-state index contributed by atoms with van der Waals surface area (Å²) in [6.45, 7) is 7.48. The molecule has 1 saturated heterocycles. The molecule has 40 heavy (non-hydrogen) atoms. The van der Waals surface area contributed by atoms with Gasteiger partial charge in [0.15, 0.2) is 0 Å². The van der Waals surface area contributed by atoms with E-state index in [9.17, 15) is 18.0 Å². The second kappa shape index (κ2) is 12.1. The zero-order valence-electron chi connectivity index (χ0n) is 24.0. The largest absolute Gasteiger partial charge is 0.482 e. The fourth-order valence-electron chi connectivity index (χ4n) is 5.98. The van der Waals surface area contributed by atoms with E-state index in [-0.39, 0.29) is 17.9 Å². The van der Waals surface area contributed by atoms with Crippen molar-refractivity contribution in [3.05, 3.63) is 65.7 Å². The molecule has 2 fully saturated rings. The minimum atomic E-state index is -4.46. The van der Waals surface area contributed by atoms with Gasteiger partial charge in [0.2, 0.25) is 5.91 Å². The van der Waals surface area contributed by atoms with Crippen molar-refractivity contribution in [1.29, 1.82) is 0 Å². The Balaban J connectivity index is 1.57. The summed E-state index contributed by atoms with van der Waals surface area (Å²) in [6.07, 6.45) is -2.43. The molecule has 1 aliphatic heterocycles. The molecule has 1 heterocycles. The molecule has 0 radical (unpaired) electrons.